The van der Waals surface area contributed by atoms with Crippen molar-refractivity contribution in [3.8, 4) is 0 Å². The first-order chi connectivity index (χ1) is 9.61. The van der Waals surface area contributed by atoms with Crippen LogP contribution < -0.4 is 0 Å². The van der Waals surface area contributed by atoms with Crippen molar-refractivity contribution in [3.05, 3.63) is 0 Å². The second kappa shape index (κ2) is 7.41. The monoisotopic (exact) mass is 282 g/mol. The molecule has 0 aliphatic carbocycles. The summed E-state index contributed by atoms with van der Waals surface area (Å²) in [7, 11) is 1.79. The van der Waals surface area contributed by atoms with Crippen LogP contribution in [0.4, 0.5) is 0 Å². The molecule has 0 radical (unpaired) electrons. The highest BCUT2D eigenvalue weighted by Gasteiger charge is 2.30. The standard InChI is InChI=1S/C16H30N2O2/c1-13(2)17-10-6-14(15(20-3)7-11-17)12-16(19)18-8-4-5-9-18/h13-15H,4-12H2,1-3H3/t14-,15+/m1/s1. The van der Waals surface area contributed by atoms with Gasteiger partial charge in [0.25, 0.3) is 0 Å². The van der Waals surface area contributed by atoms with E-state index in [1.807, 2.05) is 4.90 Å². The van der Waals surface area contributed by atoms with E-state index in [4.69, 9.17) is 4.74 Å². The number of hydrogen-bond acceptors (Lipinski definition) is 3. The number of rotatable bonds is 4. The highest BCUT2D eigenvalue weighted by Crippen LogP contribution is 2.26. The molecule has 0 aromatic carbocycles. The third-order valence-corrected chi connectivity index (χ3v) is 4.94. The van der Waals surface area contributed by atoms with Gasteiger partial charge in [0.15, 0.2) is 0 Å². The van der Waals surface area contributed by atoms with Gasteiger partial charge in [-0.25, -0.2) is 0 Å². The molecule has 1 amide bonds. The second-order valence-corrected chi connectivity index (χ2v) is 6.53. The molecule has 2 atom stereocenters. The van der Waals surface area contributed by atoms with Crippen molar-refractivity contribution in [2.24, 2.45) is 5.92 Å². The average molecular weight is 282 g/mol. The van der Waals surface area contributed by atoms with E-state index in [1.165, 1.54) is 12.8 Å². The van der Waals surface area contributed by atoms with Gasteiger partial charge in [-0.3, -0.25) is 4.79 Å². The van der Waals surface area contributed by atoms with Gasteiger partial charge in [-0.15, -0.1) is 0 Å². The molecule has 0 bridgehead atoms. The topological polar surface area (TPSA) is 32.8 Å². The maximum atomic E-state index is 12.4. The first-order valence-electron chi connectivity index (χ1n) is 8.16. The number of hydrogen-bond donors (Lipinski definition) is 0. The molecule has 0 saturated carbocycles. The Hall–Kier alpha value is -0.610. The molecule has 2 aliphatic heterocycles. The Morgan fingerprint density at radius 1 is 1.15 bits per heavy atom. The zero-order valence-electron chi connectivity index (χ0n) is 13.3. The lowest BCUT2D eigenvalue weighted by Crippen LogP contribution is -2.33. The third-order valence-electron chi connectivity index (χ3n) is 4.94. The summed E-state index contributed by atoms with van der Waals surface area (Å²) in [6, 6.07) is 0.584. The fraction of sp³-hybridized carbons (Fsp3) is 0.938. The van der Waals surface area contributed by atoms with Gasteiger partial charge in [0.2, 0.25) is 5.91 Å². The molecule has 0 unspecified atom stereocenters. The van der Waals surface area contributed by atoms with E-state index >= 15 is 0 Å². The molecule has 2 aliphatic rings. The zero-order chi connectivity index (χ0) is 14.5. The lowest BCUT2D eigenvalue weighted by atomic mass is 9.93. The molecule has 4 nitrogen and oxygen atoms in total. The largest absolute Gasteiger partial charge is 0.381 e. The van der Waals surface area contributed by atoms with E-state index in [9.17, 15) is 4.79 Å². The van der Waals surface area contributed by atoms with Crippen molar-refractivity contribution < 1.29 is 9.53 Å². The van der Waals surface area contributed by atoms with Crippen LogP contribution >= 0.6 is 0 Å². The Bertz CT molecular complexity index is 314. The second-order valence-electron chi connectivity index (χ2n) is 6.53. The number of carbonyl (C=O) groups excluding carboxylic acids is 1. The minimum Gasteiger partial charge on any atom is -0.381 e. The summed E-state index contributed by atoms with van der Waals surface area (Å²) in [6.45, 7) is 8.59. The number of carbonyl (C=O) groups is 1. The normalized spacial score (nSPS) is 28.9. The van der Waals surface area contributed by atoms with Gasteiger partial charge in [0.1, 0.15) is 0 Å². The van der Waals surface area contributed by atoms with Gasteiger partial charge < -0.3 is 14.5 Å². The van der Waals surface area contributed by atoms with Crippen LogP contribution in [0, 0.1) is 5.92 Å². The van der Waals surface area contributed by atoms with Gasteiger partial charge in [0.05, 0.1) is 6.10 Å². The van der Waals surface area contributed by atoms with Crippen molar-refractivity contribution in [2.45, 2.75) is 58.1 Å². The molecule has 116 valence electrons. The maximum absolute atomic E-state index is 12.4. The van der Waals surface area contributed by atoms with E-state index in [-0.39, 0.29) is 6.10 Å². The van der Waals surface area contributed by atoms with Gasteiger partial charge in [-0.05, 0) is 52.0 Å². The van der Waals surface area contributed by atoms with Gasteiger partial charge in [-0.1, -0.05) is 0 Å². The van der Waals surface area contributed by atoms with Gasteiger partial charge in [0, 0.05) is 39.2 Å². The van der Waals surface area contributed by atoms with Crippen molar-refractivity contribution in [2.75, 3.05) is 33.3 Å². The lowest BCUT2D eigenvalue weighted by molar-refractivity contribution is -0.132. The maximum Gasteiger partial charge on any atom is 0.222 e. The quantitative estimate of drug-likeness (QED) is 0.792. The zero-order valence-corrected chi connectivity index (χ0v) is 13.3. The Morgan fingerprint density at radius 2 is 1.80 bits per heavy atom. The van der Waals surface area contributed by atoms with Crippen LogP contribution in [0.15, 0.2) is 0 Å². The number of ether oxygens (including phenoxy) is 1. The number of nitrogens with zero attached hydrogens (tertiary/aromatic N) is 2. The van der Waals surface area contributed by atoms with Crippen LogP contribution in [0.1, 0.15) is 46.0 Å². The Balaban J connectivity index is 1.91. The lowest BCUT2D eigenvalue weighted by Gasteiger charge is -2.25. The van der Waals surface area contributed by atoms with E-state index < -0.39 is 0 Å². The van der Waals surface area contributed by atoms with Crippen LogP contribution in [-0.2, 0) is 9.53 Å². The van der Waals surface area contributed by atoms with E-state index in [1.54, 1.807) is 7.11 Å². The van der Waals surface area contributed by atoms with E-state index in [0.717, 1.165) is 39.0 Å². The van der Waals surface area contributed by atoms with E-state index in [0.29, 0.717) is 24.3 Å². The Morgan fingerprint density at radius 3 is 2.40 bits per heavy atom. The molecule has 0 aromatic heterocycles. The first-order valence-corrected chi connectivity index (χ1v) is 8.16. The van der Waals surface area contributed by atoms with Crippen molar-refractivity contribution >= 4 is 5.91 Å². The smallest absolute Gasteiger partial charge is 0.222 e. The minimum atomic E-state index is 0.241. The highest BCUT2D eigenvalue weighted by atomic mass is 16.5. The van der Waals surface area contributed by atoms with Crippen LogP contribution in [0.5, 0.6) is 0 Å². The van der Waals surface area contributed by atoms with Crippen molar-refractivity contribution in [1.29, 1.82) is 0 Å². The molecule has 0 aromatic rings. The van der Waals surface area contributed by atoms with Crippen LogP contribution in [0.25, 0.3) is 0 Å². The molecule has 2 fully saturated rings. The van der Waals surface area contributed by atoms with Crippen molar-refractivity contribution in [1.82, 2.24) is 9.80 Å². The number of likely N-dealkylation sites (tertiary alicyclic amines) is 2. The Kier molecular flexibility index (Phi) is 5.85. The van der Waals surface area contributed by atoms with E-state index in [2.05, 4.69) is 18.7 Å². The molecular weight excluding hydrogens is 252 g/mol. The fourth-order valence-electron chi connectivity index (χ4n) is 3.54. The summed E-state index contributed by atoms with van der Waals surface area (Å²) in [6.07, 6.45) is 5.38. The number of amides is 1. The summed E-state index contributed by atoms with van der Waals surface area (Å²) >= 11 is 0. The van der Waals surface area contributed by atoms with Crippen LogP contribution in [0.3, 0.4) is 0 Å². The summed E-state index contributed by atoms with van der Waals surface area (Å²) in [5.41, 5.74) is 0. The average Bonchev–Trinajstić information content (AvgIpc) is 2.88. The predicted octanol–water partition coefficient (Wildman–Crippen LogP) is 2.13. The minimum absolute atomic E-state index is 0.241. The SMILES string of the molecule is CO[C@H]1CCN(C(C)C)CC[C@@H]1CC(=O)N1CCCC1. The summed E-state index contributed by atoms with van der Waals surface area (Å²) < 4.78 is 5.68. The summed E-state index contributed by atoms with van der Waals surface area (Å²) in [4.78, 5) is 16.9. The molecule has 2 rings (SSSR count). The molecule has 2 saturated heterocycles. The fourth-order valence-corrected chi connectivity index (χ4v) is 3.54. The molecule has 0 spiro atoms. The van der Waals surface area contributed by atoms with Gasteiger partial charge >= 0.3 is 0 Å². The molecular formula is C16H30N2O2. The highest BCUT2D eigenvalue weighted by molar-refractivity contribution is 5.76. The first kappa shape index (κ1) is 15.8. The molecule has 4 heteroatoms. The third kappa shape index (κ3) is 3.95. The molecule has 20 heavy (non-hydrogen) atoms. The Labute approximate surface area is 123 Å². The predicted molar refractivity (Wildman–Crippen MR) is 80.7 cm³/mol. The summed E-state index contributed by atoms with van der Waals surface area (Å²) in [5.74, 6) is 0.726. The van der Waals surface area contributed by atoms with Gasteiger partial charge in [-0.2, -0.15) is 0 Å². The van der Waals surface area contributed by atoms with Crippen molar-refractivity contribution in [3.63, 3.8) is 0 Å². The van der Waals surface area contributed by atoms with Crippen LogP contribution in [-0.4, -0.2) is 61.1 Å². The molecule has 2 heterocycles. The molecule has 0 N–H and O–H groups in total. The summed E-state index contributed by atoms with van der Waals surface area (Å²) in [5, 5.41) is 0. The van der Waals surface area contributed by atoms with Crippen LogP contribution in [0.2, 0.25) is 0 Å². The number of methoxy groups -OCH3 is 1.